The Morgan fingerprint density at radius 1 is 1.20 bits per heavy atom. The van der Waals surface area contributed by atoms with Crippen LogP contribution in [0.15, 0.2) is 18.2 Å². The van der Waals surface area contributed by atoms with Crippen LogP contribution >= 0.6 is 0 Å². The van der Waals surface area contributed by atoms with Crippen LogP contribution in [0, 0.1) is 17.8 Å². The number of hydrogen-bond acceptors (Lipinski definition) is 4. The maximum atomic E-state index is 14.3. The van der Waals surface area contributed by atoms with Crippen molar-refractivity contribution in [3.05, 3.63) is 29.6 Å². The number of rotatable bonds is 12. The maximum absolute atomic E-state index is 14.3. The molecule has 0 aliphatic heterocycles. The SMILES string of the molecule is C[Si](C)(C)CCOCn1c([C@@H](N)[C@@H]2CCCC(F)(F)C2)nc2cc([C@H](C3CC3)C(CC(F)(F)F)C(N)=O)ccc21. The van der Waals surface area contributed by atoms with Crippen LogP contribution in [0.4, 0.5) is 22.0 Å². The van der Waals surface area contributed by atoms with Crippen molar-refractivity contribution < 1.29 is 31.5 Å². The number of primary amides is 1. The Morgan fingerprint density at radius 2 is 1.90 bits per heavy atom. The second-order valence-electron chi connectivity index (χ2n) is 12.9. The number of carbonyl (C=O) groups excluding carboxylic acids is 1. The maximum Gasteiger partial charge on any atom is 0.389 e. The van der Waals surface area contributed by atoms with Gasteiger partial charge < -0.3 is 20.8 Å². The number of ether oxygens (including phenoxy) is 1. The van der Waals surface area contributed by atoms with E-state index in [0.29, 0.717) is 41.9 Å². The number of hydrogen-bond donors (Lipinski definition) is 2. The molecule has 6 nitrogen and oxygen atoms in total. The third-order valence-corrected chi connectivity index (χ3v) is 9.97. The zero-order valence-corrected chi connectivity index (χ0v) is 24.4. The molecule has 1 amide bonds. The van der Waals surface area contributed by atoms with E-state index < -0.39 is 56.3 Å². The largest absolute Gasteiger partial charge is 0.389 e. The van der Waals surface area contributed by atoms with Crippen LogP contribution in [0.2, 0.25) is 25.7 Å². The van der Waals surface area contributed by atoms with E-state index in [9.17, 15) is 26.7 Å². The molecule has 0 spiro atoms. The normalized spacial score (nSPS) is 22.3. The van der Waals surface area contributed by atoms with Gasteiger partial charge in [-0.1, -0.05) is 25.7 Å². The monoisotopic (exact) mass is 588 g/mol. The number of nitrogens with zero attached hydrogens (tertiary/aromatic N) is 2. The summed E-state index contributed by atoms with van der Waals surface area (Å²) < 4.78 is 76.4. The van der Waals surface area contributed by atoms with E-state index in [1.807, 2.05) is 0 Å². The quantitative estimate of drug-likeness (QED) is 0.163. The Kier molecular flexibility index (Phi) is 9.02. The van der Waals surface area contributed by atoms with Gasteiger partial charge in [-0.15, -0.1) is 0 Å². The molecule has 1 aromatic carbocycles. The Balaban J connectivity index is 1.70. The summed E-state index contributed by atoms with van der Waals surface area (Å²) in [6.07, 6.45) is -3.92. The lowest BCUT2D eigenvalue weighted by Gasteiger charge is -2.32. The average molecular weight is 589 g/mol. The summed E-state index contributed by atoms with van der Waals surface area (Å²) in [5.41, 5.74) is 13.8. The van der Waals surface area contributed by atoms with Crippen molar-refractivity contribution in [1.82, 2.24) is 9.55 Å². The summed E-state index contributed by atoms with van der Waals surface area (Å²) in [6.45, 7) is 7.39. The summed E-state index contributed by atoms with van der Waals surface area (Å²) in [4.78, 5) is 16.9. The van der Waals surface area contributed by atoms with Gasteiger partial charge in [0.1, 0.15) is 12.6 Å². The predicted molar refractivity (Wildman–Crippen MR) is 146 cm³/mol. The van der Waals surface area contributed by atoms with E-state index in [1.54, 1.807) is 22.8 Å². The minimum atomic E-state index is -4.53. The molecule has 4 N–H and O–H groups in total. The minimum absolute atomic E-state index is 0.0736. The first-order chi connectivity index (χ1) is 18.5. The minimum Gasteiger partial charge on any atom is -0.369 e. The van der Waals surface area contributed by atoms with Gasteiger partial charge in [0, 0.05) is 27.5 Å². The van der Waals surface area contributed by atoms with Crippen molar-refractivity contribution in [2.45, 2.75) is 101 Å². The van der Waals surface area contributed by atoms with Crippen LogP contribution in [0.25, 0.3) is 11.0 Å². The average Bonchev–Trinajstić information content (AvgIpc) is 3.59. The fourth-order valence-corrected chi connectivity index (χ4v) is 6.72. The Morgan fingerprint density at radius 3 is 2.48 bits per heavy atom. The molecule has 4 atom stereocenters. The number of imidazole rings is 1. The lowest BCUT2D eigenvalue weighted by Crippen LogP contribution is -2.34. The molecule has 12 heteroatoms. The van der Waals surface area contributed by atoms with Gasteiger partial charge in [-0.2, -0.15) is 13.2 Å². The highest BCUT2D eigenvalue weighted by Crippen LogP contribution is 2.50. The molecule has 2 aliphatic carbocycles. The number of carbonyl (C=O) groups is 1. The van der Waals surface area contributed by atoms with E-state index >= 15 is 0 Å². The first-order valence-corrected chi connectivity index (χ1v) is 17.8. The Hall–Kier alpha value is -2.05. The van der Waals surface area contributed by atoms with E-state index in [0.717, 1.165) is 18.9 Å². The molecule has 40 heavy (non-hydrogen) atoms. The van der Waals surface area contributed by atoms with E-state index in [-0.39, 0.29) is 25.5 Å². The fourth-order valence-electron chi connectivity index (χ4n) is 5.97. The molecule has 1 heterocycles. The van der Waals surface area contributed by atoms with E-state index in [2.05, 4.69) is 19.6 Å². The van der Waals surface area contributed by atoms with Crippen LogP contribution in [-0.2, 0) is 16.3 Å². The molecule has 2 aliphatic rings. The van der Waals surface area contributed by atoms with E-state index in [4.69, 9.17) is 21.2 Å². The van der Waals surface area contributed by atoms with Gasteiger partial charge in [0.05, 0.1) is 29.4 Å². The van der Waals surface area contributed by atoms with Crippen molar-refractivity contribution in [2.75, 3.05) is 6.61 Å². The fraction of sp³-hybridized carbons (Fsp3) is 0.714. The summed E-state index contributed by atoms with van der Waals surface area (Å²) >= 11 is 0. The highest BCUT2D eigenvalue weighted by atomic mass is 28.3. The van der Waals surface area contributed by atoms with Crippen LogP contribution in [0.5, 0.6) is 0 Å². The summed E-state index contributed by atoms with van der Waals surface area (Å²) in [6, 6.07) is 5.37. The van der Waals surface area contributed by atoms with Gasteiger partial charge >= 0.3 is 6.18 Å². The number of amides is 1. The Labute approximate surface area is 233 Å². The zero-order valence-electron chi connectivity index (χ0n) is 23.4. The molecule has 1 aromatic heterocycles. The molecular weight excluding hydrogens is 547 g/mol. The van der Waals surface area contributed by atoms with Gasteiger partial charge in [-0.3, -0.25) is 4.79 Å². The topological polar surface area (TPSA) is 96.2 Å². The lowest BCUT2D eigenvalue weighted by molar-refractivity contribution is -0.155. The summed E-state index contributed by atoms with van der Waals surface area (Å²) in [7, 11) is -1.35. The van der Waals surface area contributed by atoms with Crippen LogP contribution < -0.4 is 11.5 Å². The summed E-state index contributed by atoms with van der Waals surface area (Å²) in [5, 5.41) is 0. The molecule has 2 aromatic rings. The van der Waals surface area contributed by atoms with Crippen molar-refractivity contribution in [3.63, 3.8) is 0 Å². The second kappa shape index (κ2) is 11.7. The molecule has 0 bridgehead atoms. The second-order valence-corrected chi connectivity index (χ2v) is 18.5. The van der Waals surface area contributed by atoms with Crippen LogP contribution in [0.1, 0.15) is 68.3 Å². The number of nitrogens with two attached hydrogens (primary N) is 2. The van der Waals surface area contributed by atoms with Crippen LogP contribution in [-0.4, -0.2) is 42.2 Å². The van der Waals surface area contributed by atoms with Gasteiger partial charge in [-0.05, 0) is 67.2 Å². The molecule has 1 unspecified atom stereocenters. The molecule has 2 saturated carbocycles. The molecule has 2 fully saturated rings. The van der Waals surface area contributed by atoms with Crippen molar-refractivity contribution in [3.8, 4) is 0 Å². The zero-order chi connectivity index (χ0) is 29.5. The lowest BCUT2D eigenvalue weighted by atomic mass is 9.79. The molecule has 0 saturated heterocycles. The van der Waals surface area contributed by atoms with E-state index in [1.165, 1.54) is 0 Å². The number of halogens is 5. The Bertz CT molecular complexity index is 1190. The molecular formula is C28H41F5N4O2Si. The summed E-state index contributed by atoms with van der Waals surface area (Å²) in [5.74, 6) is -5.94. The predicted octanol–water partition coefficient (Wildman–Crippen LogP) is 6.72. The standard InChI is InChI=1S/C28H41F5N4O2Si/c1-40(2,3)12-11-39-16-37-22-9-8-18(23(17-6-7-17)20(25(35)38)15-28(31,32)33)13-21(22)36-26(37)24(34)19-5-4-10-27(29,30)14-19/h8-9,13,17,19-20,23-24H,4-7,10-12,14-16,34H2,1-3H3,(H2,35,38)/t19-,20?,23+,24+/m1/s1. The van der Waals surface area contributed by atoms with Gasteiger partial charge in [0.25, 0.3) is 0 Å². The van der Waals surface area contributed by atoms with Crippen molar-refractivity contribution in [2.24, 2.45) is 29.2 Å². The smallest absolute Gasteiger partial charge is 0.369 e. The molecule has 4 rings (SSSR count). The van der Waals surface area contributed by atoms with Crippen molar-refractivity contribution >= 4 is 25.0 Å². The number of aromatic nitrogens is 2. The molecule has 224 valence electrons. The first kappa shape index (κ1) is 30.9. The van der Waals surface area contributed by atoms with Gasteiger partial charge in [-0.25, -0.2) is 13.8 Å². The number of fused-ring (bicyclic) bond motifs is 1. The molecule has 0 radical (unpaired) electrons. The van der Waals surface area contributed by atoms with Gasteiger partial charge in [0.2, 0.25) is 11.8 Å². The highest BCUT2D eigenvalue weighted by molar-refractivity contribution is 6.76. The van der Waals surface area contributed by atoms with Gasteiger partial charge in [0.15, 0.2) is 0 Å². The van der Waals surface area contributed by atoms with Crippen LogP contribution in [0.3, 0.4) is 0 Å². The first-order valence-electron chi connectivity index (χ1n) is 14.1. The number of alkyl halides is 5. The third-order valence-electron chi connectivity index (χ3n) is 8.27. The highest BCUT2D eigenvalue weighted by Gasteiger charge is 2.45. The third kappa shape index (κ3) is 7.82. The van der Waals surface area contributed by atoms with Crippen molar-refractivity contribution in [1.29, 1.82) is 0 Å². The number of benzene rings is 1.